The molecule has 2 N–H and O–H groups in total. The van der Waals surface area contributed by atoms with Crippen molar-refractivity contribution in [2.24, 2.45) is 5.73 Å². The summed E-state index contributed by atoms with van der Waals surface area (Å²) in [6.07, 6.45) is 1.05. The number of benzene rings is 1. The predicted molar refractivity (Wildman–Crippen MR) is 59.5 cm³/mol. The highest BCUT2D eigenvalue weighted by Crippen LogP contribution is 2.46. The summed E-state index contributed by atoms with van der Waals surface area (Å²) in [6, 6.07) is 6.28. The zero-order chi connectivity index (χ0) is 10.8. The van der Waals surface area contributed by atoms with Gasteiger partial charge in [0, 0.05) is 17.5 Å². The van der Waals surface area contributed by atoms with Crippen LogP contribution in [0, 0.1) is 0 Å². The Morgan fingerprint density at radius 2 is 2.20 bits per heavy atom. The van der Waals surface area contributed by atoms with Crippen LogP contribution in [0.25, 0.3) is 0 Å². The first-order valence-corrected chi connectivity index (χ1v) is 5.33. The second-order valence-corrected chi connectivity index (χ2v) is 3.82. The molecule has 0 amide bonds. The van der Waals surface area contributed by atoms with Crippen LogP contribution in [0.15, 0.2) is 18.2 Å². The van der Waals surface area contributed by atoms with Gasteiger partial charge in [0.1, 0.15) is 0 Å². The zero-order valence-electron chi connectivity index (χ0n) is 9.19. The van der Waals surface area contributed by atoms with Crippen molar-refractivity contribution in [1.29, 1.82) is 0 Å². The van der Waals surface area contributed by atoms with Gasteiger partial charge in [-0.3, -0.25) is 0 Å². The van der Waals surface area contributed by atoms with Crippen molar-refractivity contribution in [1.82, 2.24) is 0 Å². The highest BCUT2D eigenvalue weighted by Gasteiger charge is 2.37. The molecule has 1 saturated carbocycles. The lowest BCUT2D eigenvalue weighted by Crippen LogP contribution is -2.03. The van der Waals surface area contributed by atoms with E-state index in [9.17, 15) is 0 Å². The third kappa shape index (κ3) is 1.92. The SMILES string of the molecule is CCOc1cccc(C2CC2N)c1OC. The quantitative estimate of drug-likeness (QED) is 0.820. The Balaban J connectivity index is 2.32. The average Bonchev–Trinajstić information content (AvgIpc) is 2.95. The van der Waals surface area contributed by atoms with Crippen LogP contribution in [0.2, 0.25) is 0 Å². The first-order chi connectivity index (χ1) is 7.27. The Morgan fingerprint density at radius 3 is 2.73 bits per heavy atom. The maximum Gasteiger partial charge on any atom is 0.164 e. The van der Waals surface area contributed by atoms with Crippen LogP contribution in [0.1, 0.15) is 24.8 Å². The summed E-state index contributed by atoms with van der Waals surface area (Å²) in [5, 5.41) is 0. The standard InChI is InChI=1S/C12H17NO2/c1-3-15-11-6-4-5-8(12(11)14-2)9-7-10(9)13/h4-6,9-10H,3,7,13H2,1-2H3. The summed E-state index contributed by atoms with van der Waals surface area (Å²) in [5.74, 6) is 2.11. The van der Waals surface area contributed by atoms with E-state index >= 15 is 0 Å². The number of rotatable bonds is 4. The minimum Gasteiger partial charge on any atom is -0.493 e. The molecule has 3 heteroatoms. The largest absolute Gasteiger partial charge is 0.493 e. The summed E-state index contributed by atoms with van der Waals surface area (Å²) in [6.45, 7) is 2.62. The molecule has 0 saturated heterocycles. The maximum atomic E-state index is 5.85. The van der Waals surface area contributed by atoms with E-state index in [1.54, 1.807) is 7.11 Å². The van der Waals surface area contributed by atoms with Crippen molar-refractivity contribution < 1.29 is 9.47 Å². The van der Waals surface area contributed by atoms with Gasteiger partial charge in [0.25, 0.3) is 0 Å². The van der Waals surface area contributed by atoms with Crippen LogP contribution < -0.4 is 15.2 Å². The molecule has 1 aromatic carbocycles. The van der Waals surface area contributed by atoms with Gasteiger partial charge in [0.15, 0.2) is 11.5 Å². The van der Waals surface area contributed by atoms with Crippen LogP contribution in [0.5, 0.6) is 11.5 Å². The zero-order valence-corrected chi connectivity index (χ0v) is 9.19. The van der Waals surface area contributed by atoms with Crippen LogP contribution in [0.4, 0.5) is 0 Å². The van der Waals surface area contributed by atoms with Crippen LogP contribution in [-0.4, -0.2) is 19.8 Å². The molecule has 0 aliphatic heterocycles. The van der Waals surface area contributed by atoms with Crippen LogP contribution in [0.3, 0.4) is 0 Å². The monoisotopic (exact) mass is 207 g/mol. The first kappa shape index (κ1) is 10.3. The number of nitrogens with two attached hydrogens (primary N) is 1. The Bertz CT molecular complexity index is 351. The number of para-hydroxylation sites is 1. The van der Waals surface area contributed by atoms with E-state index in [4.69, 9.17) is 15.2 Å². The smallest absolute Gasteiger partial charge is 0.164 e. The molecule has 1 fully saturated rings. The lowest BCUT2D eigenvalue weighted by atomic mass is 10.1. The molecular weight excluding hydrogens is 190 g/mol. The van der Waals surface area contributed by atoms with Gasteiger partial charge in [-0.25, -0.2) is 0 Å². The average molecular weight is 207 g/mol. The lowest BCUT2D eigenvalue weighted by molar-refractivity contribution is 0.309. The second kappa shape index (κ2) is 4.11. The Morgan fingerprint density at radius 1 is 1.47 bits per heavy atom. The summed E-state index contributed by atoms with van der Waals surface area (Å²) in [7, 11) is 1.68. The van der Waals surface area contributed by atoms with Crippen molar-refractivity contribution in [3.05, 3.63) is 23.8 Å². The number of methoxy groups -OCH3 is 1. The fraction of sp³-hybridized carbons (Fsp3) is 0.500. The fourth-order valence-corrected chi connectivity index (χ4v) is 1.88. The molecule has 1 aromatic rings. The normalized spacial score (nSPS) is 23.7. The third-order valence-corrected chi connectivity index (χ3v) is 2.75. The molecule has 2 rings (SSSR count). The van der Waals surface area contributed by atoms with Gasteiger partial charge in [0.2, 0.25) is 0 Å². The second-order valence-electron chi connectivity index (χ2n) is 3.82. The molecule has 0 aromatic heterocycles. The molecule has 1 aliphatic carbocycles. The summed E-state index contributed by atoms with van der Waals surface area (Å²) < 4.78 is 10.9. The number of hydrogen-bond donors (Lipinski definition) is 1. The van der Waals surface area contributed by atoms with Gasteiger partial charge in [-0.2, -0.15) is 0 Å². The summed E-state index contributed by atoms with van der Waals surface area (Å²) >= 11 is 0. The fourth-order valence-electron chi connectivity index (χ4n) is 1.88. The minimum absolute atomic E-state index is 0.288. The number of hydrogen-bond acceptors (Lipinski definition) is 3. The summed E-state index contributed by atoms with van der Waals surface area (Å²) in [4.78, 5) is 0. The van der Waals surface area contributed by atoms with E-state index in [1.165, 1.54) is 5.56 Å². The predicted octanol–water partition coefficient (Wildman–Crippen LogP) is 1.91. The van der Waals surface area contributed by atoms with Gasteiger partial charge < -0.3 is 15.2 Å². The topological polar surface area (TPSA) is 44.5 Å². The van der Waals surface area contributed by atoms with Crippen molar-refractivity contribution in [3.8, 4) is 11.5 Å². The molecule has 1 aliphatic rings. The molecular formula is C12H17NO2. The molecule has 3 nitrogen and oxygen atoms in total. The third-order valence-electron chi connectivity index (χ3n) is 2.75. The van der Waals surface area contributed by atoms with Crippen LogP contribution >= 0.6 is 0 Å². The van der Waals surface area contributed by atoms with Gasteiger partial charge in [-0.15, -0.1) is 0 Å². The van der Waals surface area contributed by atoms with E-state index in [-0.39, 0.29) is 6.04 Å². The molecule has 15 heavy (non-hydrogen) atoms. The Labute approximate surface area is 90.2 Å². The van der Waals surface area contributed by atoms with Crippen molar-refractivity contribution >= 4 is 0 Å². The Hall–Kier alpha value is -1.22. The van der Waals surface area contributed by atoms with Gasteiger partial charge >= 0.3 is 0 Å². The van der Waals surface area contributed by atoms with Gasteiger partial charge in [-0.1, -0.05) is 12.1 Å². The molecule has 2 unspecified atom stereocenters. The van der Waals surface area contributed by atoms with E-state index in [2.05, 4.69) is 6.07 Å². The van der Waals surface area contributed by atoms with E-state index < -0.39 is 0 Å². The molecule has 82 valence electrons. The molecule has 0 bridgehead atoms. The van der Waals surface area contributed by atoms with Gasteiger partial charge in [0.05, 0.1) is 13.7 Å². The molecule has 0 spiro atoms. The van der Waals surface area contributed by atoms with Crippen molar-refractivity contribution in [2.45, 2.75) is 25.3 Å². The maximum absolute atomic E-state index is 5.85. The summed E-state index contributed by atoms with van der Waals surface area (Å²) in [5.41, 5.74) is 7.03. The van der Waals surface area contributed by atoms with E-state index in [1.807, 2.05) is 19.1 Å². The van der Waals surface area contributed by atoms with E-state index in [0.717, 1.165) is 17.9 Å². The van der Waals surface area contributed by atoms with Crippen molar-refractivity contribution in [3.63, 3.8) is 0 Å². The Kier molecular flexibility index (Phi) is 2.82. The first-order valence-electron chi connectivity index (χ1n) is 5.33. The highest BCUT2D eigenvalue weighted by atomic mass is 16.5. The molecule has 0 heterocycles. The van der Waals surface area contributed by atoms with Crippen LogP contribution in [-0.2, 0) is 0 Å². The highest BCUT2D eigenvalue weighted by molar-refractivity contribution is 5.50. The van der Waals surface area contributed by atoms with Gasteiger partial charge in [-0.05, 0) is 19.4 Å². The van der Waals surface area contributed by atoms with E-state index in [0.29, 0.717) is 12.5 Å². The molecule has 2 atom stereocenters. The lowest BCUT2D eigenvalue weighted by Gasteiger charge is -2.13. The molecule has 0 radical (unpaired) electrons. The minimum atomic E-state index is 0.288. The number of ether oxygens (including phenoxy) is 2. The van der Waals surface area contributed by atoms with Crippen molar-refractivity contribution in [2.75, 3.05) is 13.7 Å².